The van der Waals surface area contributed by atoms with Crippen molar-refractivity contribution in [1.82, 2.24) is 10.2 Å². The van der Waals surface area contributed by atoms with Gasteiger partial charge in [-0.05, 0) is 26.0 Å². The first-order valence-electron chi connectivity index (χ1n) is 6.11. The highest BCUT2D eigenvalue weighted by molar-refractivity contribution is 5.94. The quantitative estimate of drug-likeness (QED) is 0.808. The van der Waals surface area contributed by atoms with Gasteiger partial charge in [0.2, 0.25) is 0 Å². The second kappa shape index (κ2) is 6.45. The maximum absolute atomic E-state index is 13.6. The summed E-state index contributed by atoms with van der Waals surface area (Å²) < 4.78 is 39.6. The molecule has 3 nitrogen and oxygen atoms in total. The fourth-order valence-corrected chi connectivity index (χ4v) is 2.19. The van der Waals surface area contributed by atoms with Crippen molar-refractivity contribution >= 4 is 18.3 Å². The van der Waals surface area contributed by atoms with E-state index in [0.717, 1.165) is 12.1 Å². The Morgan fingerprint density at radius 1 is 1.25 bits per heavy atom. The highest BCUT2D eigenvalue weighted by Gasteiger charge is 2.31. The van der Waals surface area contributed by atoms with Gasteiger partial charge in [0.25, 0.3) is 5.91 Å². The molecule has 1 saturated heterocycles. The Kier molecular flexibility index (Phi) is 5.42. The first-order valence-corrected chi connectivity index (χ1v) is 6.11. The third-order valence-corrected chi connectivity index (χ3v) is 3.56. The van der Waals surface area contributed by atoms with Gasteiger partial charge in [0.15, 0.2) is 17.5 Å². The molecule has 20 heavy (non-hydrogen) atoms. The zero-order chi connectivity index (χ0) is 14.2. The molecule has 0 bridgehead atoms. The lowest BCUT2D eigenvalue weighted by Crippen LogP contribution is -2.57. The Morgan fingerprint density at radius 2 is 1.90 bits per heavy atom. The van der Waals surface area contributed by atoms with Crippen LogP contribution >= 0.6 is 12.4 Å². The molecule has 0 radical (unpaired) electrons. The smallest absolute Gasteiger partial charge is 0.257 e. The first kappa shape index (κ1) is 16.8. The molecular weight excluding hydrogens is 293 g/mol. The molecule has 1 aliphatic rings. The zero-order valence-corrected chi connectivity index (χ0v) is 11.9. The van der Waals surface area contributed by atoms with Crippen LogP contribution in [-0.4, -0.2) is 36.0 Å². The molecule has 1 N–H and O–H groups in total. The van der Waals surface area contributed by atoms with Gasteiger partial charge in [0.1, 0.15) is 0 Å². The summed E-state index contributed by atoms with van der Waals surface area (Å²) >= 11 is 0. The molecule has 1 aromatic rings. The van der Waals surface area contributed by atoms with Gasteiger partial charge < -0.3 is 10.2 Å². The third kappa shape index (κ3) is 2.91. The maximum Gasteiger partial charge on any atom is 0.257 e. The Morgan fingerprint density at radius 3 is 2.55 bits per heavy atom. The lowest BCUT2D eigenvalue weighted by atomic mass is 10.0. The Bertz CT molecular complexity index is 513. The van der Waals surface area contributed by atoms with Crippen molar-refractivity contribution in [3.63, 3.8) is 0 Å². The van der Waals surface area contributed by atoms with Crippen LogP contribution < -0.4 is 5.32 Å². The van der Waals surface area contributed by atoms with Crippen molar-refractivity contribution in [2.75, 3.05) is 13.1 Å². The van der Waals surface area contributed by atoms with E-state index in [1.54, 1.807) is 0 Å². The van der Waals surface area contributed by atoms with Crippen molar-refractivity contribution in [2.45, 2.75) is 25.9 Å². The molecule has 2 rings (SSSR count). The van der Waals surface area contributed by atoms with E-state index in [2.05, 4.69) is 5.32 Å². The number of amides is 1. The van der Waals surface area contributed by atoms with Crippen LogP contribution in [0.25, 0.3) is 0 Å². The van der Waals surface area contributed by atoms with Crippen LogP contribution in [0.3, 0.4) is 0 Å². The normalized spacial score (nSPS) is 22.4. The molecule has 0 saturated carbocycles. The number of nitrogens with zero attached hydrogens (tertiary/aromatic N) is 1. The summed E-state index contributed by atoms with van der Waals surface area (Å²) in [5.74, 6) is -4.95. The second-order valence-corrected chi connectivity index (χ2v) is 4.70. The summed E-state index contributed by atoms with van der Waals surface area (Å²) in [6, 6.07) is 1.66. The van der Waals surface area contributed by atoms with E-state index in [9.17, 15) is 18.0 Å². The summed E-state index contributed by atoms with van der Waals surface area (Å²) in [5.41, 5.74) is -0.431. The molecule has 1 aromatic carbocycles. The Labute approximate surface area is 121 Å². The molecule has 0 aromatic heterocycles. The van der Waals surface area contributed by atoms with Crippen molar-refractivity contribution in [3.05, 3.63) is 35.1 Å². The van der Waals surface area contributed by atoms with Gasteiger partial charge in [-0.15, -0.1) is 12.4 Å². The van der Waals surface area contributed by atoms with Crippen LogP contribution in [0.15, 0.2) is 12.1 Å². The molecular formula is C13H16ClF3N2O. The van der Waals surface area contributed by atoms with E-state index in [1.165, 1.54) is 4.90 Å². The highest BCUT2D eigenvalue weighted by Crippen LogP contribution is 2.19. The Balaban J connectivity index is 0.00000200. The van der Waals surface area contributed by atoms with Gasteiger partial charge in [-0.1, -0.05) is 0 Å². The monoisotopic (exact) mass is 308 g/mol. The lowest BCUT2D eigenvalue weighted by Gasteiger charge is -2.38. The SMILES string of the molecule is CC1NCCN(C(=O)c2ccc(F)c(F)c2F)C1C.Cl. The van der Waals surface area contributed by atoms with E-state index >= 15 is 0 Å². The van der Waals surface area contributed by atoms with Gasteiger partial charge >= 0.3 is 0 Å². The Hall–Kier alpha value is -1.27. The average molecular weight is 309 g/mol. The van der Waals surface area contributed by atoms with Crippen LogP contribution in [0.4, 0.5) is 13.2 Å². The highest BCUT2D eigenvalue weighted by atomic mass is 35.5. The van der Waals surface area contributed by atoms with E-state index in [4.69, 9.17) is 0 Å². The topological polar surface area (TPSA) is 32.3 Å². The summed E-state index contributed by atoms with van der Waals surface area (Å²) in [5, 5.41) is 3.18. The molecule has 0 spiro atoms. The minimum atomic E-state index is -1.61. The minimum absolute atomic E-state index is 0. The van der Waals surface area contributed by atoms with Crippen molar-refractivity contribution in [1.29, 1.82) is 0 Å². The number of nitrogens with one attached hydrogen (secondary N) is 1. The summed E-state index contributed by atoms with van der Waals surface area (Å²) in [4.78, 5) is 13.7. The molecule has 1 fully saturated rings. The van der Waals surface area contributed by atoms with Crippen LogP contribution in [0.5, 0.6) is 0 Å². The molecule has 1 heterocycles. The van der Waals surface area contributed by atoms with Crippen molar-refractivity contribution in [3.8, 4) is 0 Å². The number of benzene rings is 1. The molecule has 2 atom stereocenters. The molecule has 1 amide bonds. The summed E-state index contributed by atoms with van der Waals surface area (Å²) in [6.45, 7) is 4.73. The van der Waals surface area contributed by atoms with Crippen LogP contribution in [0.1, 0.15) is 24.2 Å². The van der Waals surface area contributed by atoms with Gasteiger partial charge in [-0.3, -0.25) is 4.79 Å². The zero-order valence-electron chi connectivity index (χ0n) is 11.1. The first-order chi connectivity index (χ1) is 8.93. The number of carbonyl (C=O) groups excluding carboxylic acids is 1. The standard InChI is InChI=1S/C13H15F3N2O.ClH/c1-7-8(2)18(6-5-17-7)13(19)9-3-4-10(14)12(16)11(9)15;/h3-4,7-8,17H,5-6H2,1-2H3;1H. The number of halogens is 4. The van der Waals surface area contributed by atoms with E-state index < -0.39 is 28.9 Å². The van der Waals surface area contributed by atoms with Gasteiger partial charge in [0, 0.05) is 25.2 Å². The maximum atomic E-state index is 13.6. The van der Waals surface area contributed by atoms with Gasteiger partial charge in [0.05, 0.1) is 5.56 Å². The van der Waals surface area contributed by atoms with E-state index in [0.29, 0.717) is 13.1 Å². The predicted molar refractivity (Wildman–Crippen MR) is 71.5 cm³/mol. The van der Waals surface area contributed by atoms with Crippen LogP contribution in [0.2, 0.25) is 0 Å². The number of piperazine rings is 1. The number of rotatable bonds is 1. The summed E-state index contributed by atoms with van der Waals surface area (Å²) in [7, 11) is 0. The molecule has 112 valence electrons. The number of hydrogen-bond donors (Lipinski definition) is 1. The molecule has 7 heteroatoms. The fourth-order valence-electron chi connectivity index (χ4n) is 2.19. The van der Waals surface area contributed by atoms with Crippen LogP contribution in [0, 0.1) is 17.5 Å². The van der Waals surface area contributed by atoms with E-state index in [1.807, 2.05) is 13.8 Å². The fraction of sp³-hybridized carbons (Fsp3) is 0.462. The van der Waals surface area contributed by atoms with Gasteiger partial charge in [-0.25, -0.2) is 13.2 Å². The molecule has 1 aliphatic heterocycles. The number of carbonyl (C=O) groups is 1. The lowest BCUT2D eigenvalue weighted by molar-refractivity contribution is 0.0597. The molecule has 2 unspecified atom stereocenters. The molecule has 0 aliphatic carbocycles. The van der Waals surface area contributed by atoms with Gasteiger partial charge in [-0.2, -0.15) is 0 Å². The third-order valence-electron chi connectivity index (χ3n) is 3.56. The second-order valence-electron chi connectivity index (χ2n) is 4.70. The predicted octanol–water partition coefficient (Wildman–Crippen LogP) is 2.35. The average Bonchev–Trinajstić information content (AvgIpc) is 2.39. The minimum Gasteiger partial charge on any atom is -0.333 e. The van der Waals surface area contributed by atoms with Crippen molar-refractivity contribution < 1.29 is 18.0 Å². The van der Waals surface area contributed by atoms with E-state index in [-0.39, 0.29) is 24.5 Å². The van der Waals surface area contributed by atoms with Crippen molar-refractivity contribution in [2.24, 2.45) is 0 Å². The largest absolute Gasteiger partial charge is 0.333 e. The number of hydrogen-bond acceptors (Lipinski definition) is 2. The van der Waals surface area contributed by atoms with Crippen LogP contribution in [-0.2, 0) is 0 Å². The summed E-state index contributed by atoms with van der Waals surface area (Å²) in [6.07, 6.45) is 0.